The second-order valence-corrected chi connectivity index (χ2v) is 3.62. The highest BCUT2D eigenvalue weighted by molar-refractivity contribution is 5.52. The van der Waals surface area contributed by atoms with Crippen LogP contribution in [0.25, 0.3) is 0 Å². The fourth-order valence-corrected chi connectivity index (χ4v) is 1.77. The number of nitrogens with zero attached hydrogens (tertiary/aromatic N) is 2. The van der Waals surface area contributed by atoms with Crippen molar-refractivity contribution in [2.45, 2.75) is 18.8 Å². The van der Waals surface area contributed by atoms with Crippen molar-refractivity contribution in [3.63, 3.8) is 0 Å². The summed E-state index contributed by atoms with van der Waals surface area (Å²) >= 11 is 0. The van der Waals surface area contributed by atoms with Gasteiger partial charge in [-0.05, 0) is 30.7 Å². The molecule has 1 aliphatic heterocycles. The predicted molar refractivity (Wildman–Crippen MR) is 55.1 cm³/mol. The molecule has 1 fully saturated rings. The van der Waals surface area contributed by atoms with Crippen LogP contribution in [0.15, 0.2) is 24.3 Å². The lowest BCUT2D eigenvalue weighted by atomic mass is 10.0. The van der Waals surface area contributed by atoms with E-state index in [1.807, 2.05) is 23.1 Å². The lowest BCUT2D eigenvalue weighted by Gasteiger charge is -2.43. The molecule has 15 heavy (non-hydrogen) atoms. The highest BCUT2D eigenvalue weighted by Crippen LogP contribution is 2.27. The predicted octanol–water partition coefficient (Wildman–Crippen LogP) is 0.448. The van der Waals surface area contributed by atoms with E-state index < -0.39 is 6.29 Å². The minimum atomic E-state index is -1.30. The quantitative estimate of drug-likeness (QED) is 0.686. The van der Waals surface area contributed by atoms with E-state index in [0.29, 0.717) is 5.56 Å². The van der Waals surface area contributed by atoms with Crippen LogP contribution in [0, 0.1) is 11.3 Å². The van der Waals surface area contributed by atoms with Gasteiger partial charge >= 0.3 is 0 Å². The minimum absolute atomic E-state index is 0.210. The van der Waals surface area contributed by atoms with Crippen LogP contribution in [0.2, 0.25) is 0 Å². The topological polar surface area (TPSA) is 67.5 Å². The van der Waals surface area contributed by atoms with Crippen molar-refractivity contribution in [2.75, 3.05) is 11.4 Å². The first kappa shape index (κ1) is 9.97. The number of aliphatic hydroxyl groups is 2. The number of anilines is 1. The number of nitriles is 1. The molecule has 4 heteroatoms. The summed E-state index contributed by atoms with van der Waals surface area (Å²) in [5.41, 5.74) is 1.54. The molecule has 2 N–H and O–H groups in total. The van der Waals surface area contributed by atoms with Gasteiger partial charge in [-0.25, -0.2) is 0 Å². The Morgan fingerprint density at radius 2 is 2.00 bits per heavy atom. The highest BCUT2D eigenvalue weighted by atomic mass is 16.5. The number of benzene rings is 1. The van der Waals surface area contributed by atoms with Crippen molar-refractivity contribution in [3.8, 4) is 6.07 Å². The average Bonchev–Trinajstić information content (AvgIpc) is 2.16. The Morgan fingerprint density at radius 1 is 1.33 bits per heavy atom. The number of aliphatic hydroxyl groups excluding tert-OH is 1. The maximum atomic E-state index is 9.07. The molecule has 0 aromatic heterocycles. The Kier molecular flexibility index (Phi) is 2.58. The van der Waals surface area contributed by atoms with Crippen molar-refractivity contribution in [3.05, 3.63) is 29.8 Å². The smallest absolute Gasteiger partial charge is 0.172 e. The van der Waals surface area contributed by atoms with E-state index in [1.54, 1.807) is 12.1 Å². The molecule has 0 spiro atoms. The molecule has 0 bridgehead atoms. The molecule has 1 saturated heterocycles. The SMILES string of the molecule is N#Cc1ccc(N2CC[C@H]2C(O)O)cc1. The standard InChI is InChI=1S/C11H12N2O2/c12-7-8-1-3-9(4-2-8)13-6-5-10(13)11(14)15/h1-4,10-11,14-15H,5-6H2/t10-/m0/s1. The first-order valence-electron chi connectivity index (χ1n) is 4.85. The van der Waals surface area contributed by atoms with Gasteiger partial charge in [0.1, 0.15) is 0 Å². The van der Waals surface area contributed by atoms with Gasteiger partial charge in [-0.1, -0.05) is 0 Å². The van der Waals surface area contributed by atoms with Crippen LogP contribution in [-0.4, -0.2) is 29.1 Å². The summed E-state index contributed by atoms with van der Waals surface area (Å²) in [5, 5.41) is 26.8. The first-order chi connectivity index (χ1) is 7.22. The summed E-state index contributed by atoms with van der Waals surface area (Å²) in [6.07, 6.45) is -0.508. The third kappa shape index (κ3) is 1.80. The summed E-state index contributed by atoms with van der Waals surface area (Å²) in [7, 11) is 0. The molecule has 4 nitrogen and oxygen atoms in total. The van der Waals surface area contributed by atoms with Crippen molar-refractivity contribution in [1.82, 2.24) is 0 Å². The second-order valence-electron chi connectivity index (χ2n) is 3.62. The van der Waals surface area contributed by atoms with E-state index in [2.05, 4.69) is 0 Å². The van der Waals surface area contributed by atoms with E-state index in [0.717, 1.165) is 18.7 Å². The molecule has 0 saturated carbocycles. The summed E-state index contributed by atoms with van der Waals surface area (Å²) in [6, 6.07) is 8.95. The average molecular weight is 204 g/mol. The summed E-state index contributed by atoms with van der Waals surface area (Å²) in [6.45, 7) is 0.828. The van der Waals surface area contributed by atoms with Crippen LogP contribution >= 0.6 is 0 Å². The van der Waals surface area contributed by atoms with Crippen LogP contribution in [0.1, 0.15) is 12.0 Å². The van der Waals surface area contributed by atoms with Crippen LogP contribution in [0.3, 0.4) is 0 Å². The monoisotopic (exact) mass is 204 g/mol. The molecule has 0 unspecified atom stereocenters. The Morgan fingerprint density at radius 3 is 2.40 bits per heavy atom. The van der Waals surface area contributed by atoms with E-state index in [1.165, 1.54) is 0 Å². The molecular formula is C11H12N2O2. The zero-order valence-electron chi connectivity index (χ0n) is 8.17. The van der Waals surface area contributed by atoms with Gasteiger partial charge in [0.2, 0.25) is 0 Å². The van der Waals surface area contributed by atoms with Crippen molar-refractivity contribution >= 4 is 5.69 Å². The molecule has 1 heterocycles. The van der Waals surface area contributed by atoms with Gasteiger partial charge < -0.3 is 15.1 Å². The maximum absolute atomic E-state index is 9.07. The van der Waals surface area contributed by atoms with Crippen LogP contribution in [-0.2, 0) is 0 Å². The lowest BCUT2D eigenvalue weighted by Crippen LogP contribution is -2.54. The van der Waals surface area contributed by atoms with Gasteiger partial charge in [-0.2, -0.15) is 5.26 Å². The summed E-state index contributed by atoms with van der Waals surface area (Å²) in [5.74, 6) is 0. The lowest BCUT2D eigenvalue weighted by molar-refractivity contribution is -0.0715. The first-order valence-corrected chi connectivity index (χ1v) is 4.85. The molecule has 1 aromatic carbocycles. The van der Waals surface area contributed by atoms with Crippen LogP contribution in [0.4, 0.5) is 5.69 Å². The fourth-order valence-electron chi connectivity index (χ4n) is 1.77. The van der Waals surface area contributed by atoms with Crippen molar-refractivity contribution in [2.24, 2.45) is 0 Å². The normalized spacial score (nSPS) is 19.9. The van der Waals surface area contributed by atoms with E-state index >= 15 is 0 Å². The largest absolute Gasteiger partial charge is 0.366 e. The molecule has 1 atom stereocenters. The third-order valence-corrected chi connectivity index (χ3v) is 2.74. The molecule has 0 aliphatic carbocycles. The molecule has 0 radical (unpaired) electrons. The molecule has 78 valence electrons. The zero-order valence-corrected chi connectivity index (χ0v) is 8.17. The Balaban J connectivity index is 2.14. The number of rotatable bonds is 2. The summed E-state index contributed by atoms with van der Waals surface area (Å²) in [4.78, 5) is 1.92. The van der Waals surface area contributed by atoms with Crippen LogP contribution in [0.5, 0.6) is 0 Å². The van der Waals surface area contributed by atoms with Crippen molar-refractivity contribution < 1.29 is 10.2 Å². The van der Waals surface area contributed by atoms with Crippen LogP contribution < -0.4 is 4.90 Å². The van der Waals surface area contributed by atoms with Crippen molar-refractivity contribution in [1.29, 1.82) is 5.26 Å². The fraction of sp³-hybridized carbons (Fsp3) is 0.364. The van der Waals surface area contributed by atoms with E-state index in [-0.39, 0.29) is 6.04 Å². The molecule has 2 rings (SSSR count). The molecule has 0 amide bonds. The van der Waals surface area contributed by atoms with Gasteiger partial charge in [0.05, 0.1) is 17.7 Å². The Hall–Kier alpha value is -1.57. The van der Waals surface area contributed by atoms with Gasteiger partial charge in [-0.15, -0.1) is 0 Å². The zero-order chi connectivity index (χ0) is 10.8. The highest BCUT2D eigenvalue weighted by Gasteiger charge is 2.32. The van der Waals surface area contributed by atoms with E-state index in [4.69, 9.17) is 15.5 Å². The number of hydrogen-bond acceptors (Lipinski definition) is 4. The molecular weight excluding hydrogens is 192 g/mol. The summed E-state index contributed by atoms with van der Waals surface area (Å²) < 4.78 is 0. The molecule has 1 aliphatic rings. The third-order valence-electron chi connectivity index (χ3n) is 2.74. The maximum Gasteiger partial charge on any atom is 0.172 e. The van der Waals surface area contributed by atoms with Gasteiger partial charge in [0, 0.05) is 12.2 Å². The second kappa shape index (κ2) is 3.89. The van der Waals surface area contributed by atoms with Gasteiger partial charge in [0.15, 0.2) is 6.29 Å². The van der Waals surface area contributed by atoms with E-state index in [9.17, 15) is 0 Å². The number of hydrogen-bond donors (Lipinski definition) is 2. The minimum Gasteiger partial charge on any atom is -0.366 e. The van der Waals surface area contributed by atoms with Gasteiger partial charge in [-0.3, -0.25) is 0 Å². The Labute approximate surface area is 88.0 Å². The molecule has 1 aromatic rings. The Bertz CT molecular complexity index is 381. The van der Waals surface area contributed by atoms with Gasteiger partial charge in [0.25, 0.3) is 0 Å².